The van der Waals surface area contributed by atoms with Crippen LogP contribution < -0.4 is 4.74 Å². The number of carbonyl (C=O) groups is 1. The maximum atomic E-state index is 12.1. The number of benzene rings is 1. The van der Waals surface area contributed by atoms with Gasteiger partial charge in [0.15, 0.2) is 0 Å². The van der Waals surface area contributed by atoms with Gasteiger partial charge >= 0.3 is 5.97 Å². The predicted molar refractivity (Wildman–Crippen MR) is 130 cm³/mol. The normalized spacial score (nSPS) is 18.6. The van der Waals surface area contributed by atoms with Gasteiger partial charge in [0.1, 0.15) is 5.75 Å². The fourth-order valence-electron chi connectivity index (χ4n) is 4.88. The van der Waals surface area contributed by atoms with Crippen molar-refractivity contribution in [2.75, 3.05) is 13.2 Å². The first kappa shape index (κ1) is 25.7. The monoisotopic (exact) mass is 430 g/mol. The maximum Gasteiger partial charge on any atom is 0.338 e. The first-order valence-corrected chi connectivity index (χ1v) is 13.1. The molecule has 1 saturated carbocycles. The van der Waals surface area contributed by atoms with E-state index in [0.717, 1.165) is 43.5 Å². The number of hydrogen-bond donors (Lipinski definition) is 0. The molecule has 1 aromatic carbocycles. The van der Waals surface area contributed by atoms with Gasteiger partial charge in [0.2, 0.25) is 0 Å². The van der Waals surface area contributed by atoms with E-state index in [9.17, 15) is 4.79 Å². The lowest BCUT2D eigenvalue weighted by atomic mass is 9.74. The van der Waals surface area contributed by atoms with Crippen LogP contribution in [0.4, 0.5) is 0 Å². The summed E-state index contributed by atoms with van der Waals surface area (Å²) in [5.74, 6) is 2.46. The molecule has 0 amide bonds. The minimum absolute atomic E-state index is 0.228. The fourth-order valence-corrected chi connectivity index (χ4v) is 4.88. The summed E-state index contributed by atoms with van der Waals surface area (Å²) in [7, 11) is 0. The molecule has 1 aliphatic carbocycles. The van der Waals surface area contributed by atoms with Crippen molar-refractivity contribution in [3.63, 3.8) is 0 Å². The second kappa shape index (κ2) is 16.2. The lowest BCUT2D eigenvalue weighted by Gasteiger charge is -2.31. The summed E-state index contributed by atoms with van der Waals surface area (Å²) >= 11 is 0. The lowest BCUT2D eigenvalue weighted by Crippen LogP contribution is -2.20. The summed E-state index contributed by atoms with van der Waals surface area (Å²) in [5.41, 5.74) is 0.609. The van der Waals surface area contributed by atoms with Gasteiger partial charge in [-0.15, -0.1) is 0 Å². The van der Waals surface area contributed by atoms with E-state index in [4.69, 9.17) is 9.47 Å². The zero-order valence-electron chi connectivity index (χ0n) is 20.2. The first-order chi connectivity index (χ1) is 15.2. The number of esters is 1. The first-order valence-electron chi connectivity index (χ1n) is 13.1. The molecular formula is C28H46O3. The highest BCUT2D eigenvalue weighted by Crippen LogP contribution is 2.36. The predicted octanol–water partition coefficient (Wildman–Crippen LogP) is 8.36. The molecule has 0 radical (unpaired) electrons. The molecule has 0 saturated heterocycles. The zero-order valence-corrected chi connectivity index (χ0v) is 20.2. The molecule has 1 aromatic rings. The Kier molecular flexibility index (Phi) is 13.4. The Bertz CT molecular complexity index is 580. The van der Waals surface area contributed by atoms with Crippen LogP contribution in [-0.4, -0.2) is 19.2 Å². The molecule has 3 heteroatoms. The van der Waals surface area contributed by atoms with Gasteiger partial charge in [-0.25, -0.2) is 4.79 Å². The minimum Gasteiger partial charge on any atom is -0.494 e. The SMILES string of the molecule is CCCCCCCOC(=O)c1ccc(OCCCC2CCCCC2CCCCC)cc1. The molecule has 0 N–H and O–H groups in total. The van der Waals surface area contributed by atoms with Crippen LogP contribution in [0.5, 0.6) is 5.75 Å². The van der Waals surface area contributed by atoms with E-state index < -0.39 is 0 Å². The third-order valence-corrected chi connectivity index (χ3v) is 6.80. The van der Waals surface area contributed by atoms with E-state index in [-0.39, 0.29) is 5.97 Å². The molecule has 2 rings (SSSR count). The zero-order chi connectivity index (χ0) is 22.2. The van der Waals surface area contributed by atoms with E-state index in [1.165, 1.54) is 77.0 Å². The molecule has 176 valence electrons. The standard InChI is InChI=1S/C28H46O3/c1-3-5-7-8-12-22-31-28(29)26-18-20-27(21-19-26)30-23-13-17-25-16-11-10-15-24(25)14-9-6-4-2/h18-21,24-25H,3-17,22-23H2,1-2H3. The number of hydrogen-bond acceptors (Lipinski definition) is 3. The van der Waals surface area contributed by atoms with Gasteiger partial charge in [0.25, 0.3) is 0 Å². The topological polar surface area (TPSA) is 35.5 Å². The van der Waals surface area contributed by atoms with Crippen molar-refractivity contribution in [2.24, 2.45) is 11.8 Å². The number of ether oxygens (including phenoxy) is 2. The number of unbranched alkanes of at least 4 members (excludes halogenated alkanes) is 6. The Balaban J connectivity index is 1.62. The molecule has 0 bridgehead atoms. The molecule has 2 unspecified atom stereocenters. The van der Waals surface area contributed by atoms with Crippen molar-refractivity contribution in [3.8, 4) is 5.75 Å². The average Bonchev–Trinajstić information content (AvgIpc) is 2.80. The summed E-state index contributed by atoms with van der Waals surface area (Å²) in [5, 5.41) is 0. The van der Waals surface area contributed by atoms with Gasteiger partial charge in [-0.3, -0.25) is 0 Å². The Morgan fingerprint density at radius 1 is 0.774 bits per heavy atom. The third-order valence-electron chi connectivity index (χ3n) is 6.80. The van der Waals surface area contributed by atoms with Crippen molar-refractivity contribution >= 4 is 5.97 Å². The molecule has 1 aliphatic rings. The summed E-state index contributed by atoms with van der Waals surface area (Å²) in [6, 6.07) is 7.43. The van der Waals surface area contributed by atoms with E-state index in [1.54, 1.807) is 0 Å². The second-order valence-electron chi connectivity index (χ2n) is 9.37. The van der Waals surface area contributed by atoms with Crippen LogP contribution in [0.25, 0.3) is 0 Å². The molecule has 31 heavy (non-hydrogen) atoms. The molecule has 0 spiro atoms. The minimum atomic E-state index is -0.228. The third kappa shape index (κ3) is 10.6. The Hall–Kier alpha value is -1.51. The average molecular weight is 431 g/mol. The Labute approximate surface area is 191 Å². The fraction of sp³-hybridized carbons (Fsp3) is 0.750. The van der Waals surface area contributed by atoms with Gasteiger partial charge in [-0.2, -0.15) is 0 Å². The van der Waals surface area contributed by atoms with Crippen LogP contribution in [0.15, 0.2) is 24.3 Å². The van der Waals surface area contributed by atoms with Crippen LogP contribution in [0.3, 0.4) is 0 Å². The van der Waals surface area contributed by atoms with Crippen LogP contribution in [0.1, 0.15) is 121 Å². The van der Waals surface area contributed by atoms with E-state index in [1.807, 2.05) is 24.3 Å². The van der Waals surface area contributed by atoms with E-state index in [0.29, 0.717) is 12.2 Å². The smallest absolute Gasteiger partial charge is 0.338 e. The summed E-state index contributed by atoms with van der Waals surface area (Å²) < 4.78 is 11.3. The van der Waals surface area contributed by atoms with Crippen molar-refractivity contribution in [2.45, 2.75) is 110 Å². The van der Waals surface area contributed by atoms with Crippen LogP contribution in [0.2, 0.25) is 0 Å². The van der Waals surface area contributed by atoms with Crippen LogP contribution in [0, 0.1) is 11.8 Å². The largest absolute Gasteiger partial charge is 0.494 e. The van der Waals surface area contributed by atoms with Crippen LogP contribution >= 0.6 is 0 Å². The maximum absolute atomic E-state index is 12.1. The van der Waals surface area contributed by atoms with Gasteiger partial charge in [-0.1, -0.05) is 90.9 Å². The van der Waals surface area contributed by atoms with Crippen molar-refractivity contribution in [3.05, 3.63) is 29.8 Å². The van der Waals surface area contributed by atoms with Crippen LogP contribution in [-0.2, 0) is 4.74 Å². The highest BCUT2D eigenvalue weighted by Gasteiger charge is 2.24. The second-order valence-corrected chi connectivity index (χ2v) is 9.37. The van der Waals surface area contributed by atoms with Gasteiger partial charge < -0.3 is 9.47 Å². The van der Waals surface area contributed by atoms with Gasteiger partial charge in [0.05, 0.1) is 18.8 Å². The van der Waals surface area contributed by atoms with Gasteiger partial charge in [0, 0.05) is 0 Å². The molecule has 3 nitrogen and oxygen atoms in total. The highest BCUT2D eigenvalue weighted by atomic mass is 16.5. The van der Waals surface area contributed by atoms with Crippen molar-refractivity contribution in [1.29, 1.82) is 0 Å². The van der Waals surface area contributed by atoms with Crippen molar-refractivity contribution in [1.82, 2.24) is 0 Å². The van der Waals surface area contributed by atoms with E-state index in [2.05, 4.69) is 13.8 Å². The Morgan fingerprint density at radius 2 is 1.39 bits per heavy atom. The molecular weight excluding hydrogens is 384 g/mol. The molecule has 0 heterocycles. The summed E-state index contributed by atoms with van der Waals surface area (Å²) in [4.78, 5) is 12.1. The van der Waals surface area contributed by atoms with Crippen molar-refractivity contribution < 1.29 is 14.3 Å². The molecule has 0 aromatic heterocycles. The quantitative estimate of drug-likeness (QED) is 0.195. The molecule has 2 atom stereocenters. The lowest BCUT2D eigenvalue weighted by molar-refractivity contribution is 0.0497. The number of carbonyl (C=O) groups excluding carboxylic acids is 1. The van der Waals surface area contributed by atoms with Gasteiger partial charge in [-0.05, 0) is 55.4 Å². The molecule has 0 aliphatic heterocycles. The highest BCUT2D eigenvalue weighted by molar-refractivity contribution is 5.89. The number of rotatable bonds is 16. The molecule has 1 fully saturated rings. The van der Waals surface area contributed by atoms with E-state index >= 15 is 0 Å². The Morgan fingerprint density at radius 3 is 2.06 bits per heavy atom. The summed E-state index contributed by atoms with van der Waals surface area (Å²) in [6.07, 6.45) is 19.4. The summed E-state index contributed by atoms with van der Waals surface area (Å²) in [6.45, 7) is 5.77.